The number of hydrogen-bond donors (Lipinski definition) is 1. The van der Waals surface area contributed by atoms with Crippen LogP contribution in [0.5, 0.6) is 5.75 Å². The van der Waals surface area contributed by atoms with Crippen molar-refractivity contribution in [1.29, 1.82) is 0 Å². The Kier molecular flexibility index (Phi) is 3.64. The van der Waals surface area contributed by atoms with Crippen LogP contribution >= 0.6 is 0 Å². The molecule has 18 heavy (non-hydrogen) atoms. The predicted octanol–water partition coefficient (Wildman–Crippen LogP) is 0.726. The monoisotopic (exact) mass is 251 g/mol. The highest BCUT2D eigenvalue weighted by molar-refractivity contribution is 5.85. The highest BCUT2D eigenvalue weighted by Crippen LogP contribution is 2.28. The number of nitrogens with zero attached hydrogens (tertiary/aromatic N) is 2. The molecule has 2 rings (SSSR count). The van der Waals surface area contributed by atoms with Gasteiger partial charge in [0.2, 0.25) is 5.75 Å². The van der Waals surface area contributed by atoms with Gasteiger partial charge in [-0.2, -0.15) is 0 Å². The third-order valence-corrected chi connectivity index (χ3v) is 3.24. The Morgan fingerprint density at radius 2 is 2.33 bits per heavy atom. The lowest BCUT2D eigenvalue weighted by Gasteiger charge is -2.35. The van der Waals surface area contributed by atoms with Crippen molar-refractivity contribution in [3.63, 3.8) is 0 Å². The molecule has 6 heteroatoms. The number of aromatic amines is 1. The van der Waals surface area contributed by atoms with Gasteiger partial charge in [-0.25, -0.2) is 4.98 Å². The molecule has 1 fully saturated rings. The van der Waals surface area contributed by atoms with E-state index in [1.165, 1.54) is 13.4 Å². The first kappa shape index (κ1) is 12.6. The molecule has 6 nitrogen and oxygen atoms in total. The van der Waals surface area contributed by atoms with E-state index in [2.05, 4.69) is 9.97 Å². The van der Waals surface area contributed by atoms with Crippen LogP contribution in [0.2, 0.25) is 0 Å². The molecular formula is C12H17N3O3. The molecule has 1 atom stereocenters. The van der Waals surface area contributed by atoms with Crippen LogP contribution in [0.15, 0.2) is 11.1 Å². The summed E-state index contributed by atoms with van der Waals surface area (Å²) >= 11 is 0. The molecule has 0 aliphatic carbocycles. The highest BCUT2D eigenvalue weighted by atomic mass is 16.5. The molecule has 1 aliphatic heterocycles. The fourth-order valence-electron chi connectivity index (χ4n) is 2.37. The normalized spacial score (nSPS) is 19.7. The van der Waals surface area contributed by atoms with Crippen LogP contribution in [0.1, 0.15) is 26.2 Å². The highest BCUT2D eigenvalue weighted by Gasteiger charge is 2.29. The topological polar surface area (TPSA) is 75.3 Å². The van der Waals surface area contributed by atoms with Crippen molar-refractivity contribution in [3.05, 3.63) is 16.7 Å². The summed E-state index contributed by atoms with van der Waals surface area (Å²) in [5.74, 6) is 0.727. The summed E-state index contributed by atoms with van der Waals surface area (Å²) in [4.78, 5) is 31.8. The zero-order valence-corrected chi connectivity index (χ0v) is 10.6. The lowest BCUT2D eigenvalue weighted by atomic mass is 9.99. The van der Waals surface area contributed by atoms with Crippen LogP contribution in [-0.4, -0.2) is 35.4 Å². The molecule has 0 saturated carbocycles. The van der Waals surface area contributed by atoms with E-state index in [0.29, 0.717) is 5.82 Å². The number of piperidine rings is 1. The van der Waals surface area contributed by atoms with E-state index < -0.39 is 0 Å². The lowest BCUT2D eigenvalue weighted by molar-refractivity contribution is -0.118. The van der Waals surface area contributed by atoms with E-state index in [0.717, 1.165) is 25.8 Å². The minimum absolute atomic E-state index is 0.0961. The summed E-state index contributed by atoms with van der Waals surface area (Å²) < 4.78 is 5.10. The number of hydrogen-bond acceptors (Lipinski definition) is 5. The lowest BCUT2D eigenvalue weighted by Crippen LogP contribution is -2.45. The van der Waals surface area contributed by atoms with Gasteiger partial charge in [-0.15, -0.1) is 0 Å². The average molecular weight is 251 g/mol. The molecule has 1 saturated heterocycles. The fourth-order valence-corrected chi connectivity index (χ4v) is 2.37. The van der Waals surface area contributed by atoms with Gasteiger partial charge in [0.05, 0.1) is 19.5 Å². The molecule has 1 N–H and O–H groups in total. The number of rotatable bonds is 3. The van der Waals surface area contributed by atoms with Crippen molar-refractivity contribution in [2.75, 3.05) is 18.6 Å². The van der Waals surface area contributed by atoms with Gasteiger partial charge in [-0.3, -0.25) is 9.59 Å². The van der Waals surface area contributed by atoms with Crippen molar-refractivity contribution < 1.29 is 9.53 Å². The first-order valence-corrected chi connectivity index (χ1v) is 6.04. The number of anilines is 1. The number of methoxy groups -OCH3 is 1. The standard InChI is InChI=1S/C12H17N3O3/c1-8(16)9-5-3-4-6-15(9)11-10(18-2)12(17)14-7-13-11/h7,9H,3-6H2,1-2H3,(H,13,14,17). The minimum atomic E-state index is -0.324. The van der Waals surface area contributed by atoms with Gasteiger partial charge in [0.25, 0.3) is 5.56 Å². The van der Waals surface area contributed by atoms with E-state index in [4.69, 9.17) is 4.74 Å². The number of carbonyl (C=O) groups is 1. The zero-order valence-electron chi connectivity index (χ0n) is 10.6. The van der Waals surface area contributed by atoms with Crippen molar-refractivity contribution >= 4 is 11.6 Å². The van der Waals surface area contributed by atoms with E-state index in [1.807, 2.05) is 4.90 Å². The van der Waals surface area contributed by atoms with Crippen molar-refractivity contribution in [2.24, 2.45) is 0 Å². The van der Waals surface area contributed by atoms with Gasteiger partial charge in [-0.1, -0.05) is 0 Å². The largest absolute Gasteiger partial charge is 0.489 e. The van der Waals surface area contributed by atoms with Crippen LogP contribution in [0.25, 0.3) is 0 Å². The Balaban J connectivity index is 2.42. The number of ether oxygens (including phenoxy) is 1. The molecule has 1 unspecified atom stereocenters. The number of ketones is 1. The third kappa shape index (κ3) is 2.23. The SMILES string of the molecule is COc1c(N2CCCCC2C(C)=O)nc[nH]c1=O. The second kappa shape index (κ2) is 5.20. The summed E-state index contributed by atoms with van der Waals surface area (Å²) in [6, 6.07) is -0.207. The van der Waals surface area contributed by atoms with Gasteiger partial charge in [0.15, 0.2) is 11.6 Å². The molecule has 2 heterocycles. The molecule has 0 amide bonds. The Hall–Kier alpha value is -1.85. The Morgan fingerprint density at radius 1 is 1.56 bits per heavy atom. The van der Waals surface area contributed by atoms with Gasteiger partial charge in [0.1, 0.15) is 0 Å². The first-order chi connectivity index (χ1) is 8.65. The second-order valence-corrected chi connectivity index (χ2v) is 4.40. The third-order valence-electron chi connectivity index (χ3n) is 3.24. The van der Waals surface area contributed by atoms with Gasteiger partial charge >= 0.3 is 0 Å². The van der Waals surface area contributed by atoms with E-state index >= 15 is 0 Å². The molecule has 0 radical (unpaired) electrons. The number of aromatic nitrogens is 2. The molecule has 0 aromatic carbocycles. The minimum Gasteiger partial charge on any atom is -0.489 e. The van der Waals surface area contributed by atoms with E-state index in [-0.39, 0.29) is 23.1 Å². The maximum atomic E-state index is 11.7. The van der Waals surface area contributed by atoms with Crippen LogP contribution in [0, 0.1) is 0 Å². The first-order valence-electron chi connectivity index (χ1n) is 6.04. The summed E-state index contributed by atoms with van der Waals surface area (Å²) in [7, 11) is 1.43. The maximum Gasteiger partial charge on any atom is 0.295 e. The van der Waals surface area contributed by atoms with Crippen LogP contribution < -0.4 is 15.2 Å². The van der Waals surface area contributed by atoms with E-state index in [1.54, 1.807) is 6.92 Å². The Morgan fingerprint density at radius 3 is 3.00 bits per heavy atom. The quantitative estimate of drug-likeness (QED) is 0.857. The maximum absolute atomic E-state index is 11.7. The molecule has 1 aromatic rings. The predicted molar refractivity (Wildman–Crippen MR) is 67.1 cm³/mol. The second-order valence-electron chi connectivity index (χ2n) is 4.40. The fraction of sp³-hybridized carbons (Fsp3) is 0.583. The van der Waals surface area contributed by atoms with Crippen LogP contribution in [-0.2, 0) is 4.79 Å². The Labute approximate surface area is 105 Å². The van der Waals surface area contributed by atoms with Crippen molar-refractivity contribution in [3.8, 4) is 5.75 Å². The average Bonchev–Trinajstić information content (AvgIpc) is 2.38. The van der Waals surface area contributed by atoms with Crippen molar-refractivity contribution in [1.82, 2.24) is 9.97 Å². The van der Waals surface area contributed by atoms with Crippen molar-refractivity contribution in [2.45, 2.75) is 32.2 Å². The molecule has 0 bridgehead atoms. The summed E-state index contributed by atoms with van der Waals surface area (Å²) in [5, 5.41) is 0. The number of nitrogens with one attached hydrogen (secondary N) is 1. The molecular weight excluding hydrogens is 234 g/mol. The Bertz CT molecular complexity index is 498. The number of carbonyl (C=O) groups excluding carboxylic acids is 1. The van der Waals surface area contributed by atoms with E-state index in [9.17, 15) is 9.59 Å². The van der Waals surface area contributed by atoms with Gasteiger partial charge in [-0.05, 0) is 26.2 Å². The van der Waals surface area contributed by atoms with Gasteiger partial charge < -0.3 is 14.6 Å². The van der Waals surface area contributed by atoms with Crippen LogP contribution in [0.3, 0.4) is 0 Å². The summed E-state index contributed by atoms with van der Waals surface area (Å²) in [6.45, 7) is 2.29. The van der Waals surface area contributed by atoms with Crippen LogP contribution in [0.4, 0.5) is 5.82 Å². The molecule has 0 spiro atoms. The smallest absolute Gasteiger partial charge is 0.295 e. The number of H-pyrrole nitrogens is 1. The zero-order chi connectivity index (χ0) is 13.1. The molecule has 1 aliphatic rings. The summed E-state index contributed by atoms with van der Waals surface area (Å²) in [5.41, 5.74) is -0.324. The summed E-state index contributed by atoms with van der Waals surface area (Å²) in [6.07, 6.45) is 4.15. The molecule has 98 valence electrons. The number of Topliss-reactive ketones (excluding diaryl/α,β-unsaturated/α-hetero) is 1. The molecule has 1 aromatic heterocycles. The van der Waals surface area contributed by atoms with Gasteiger partial charge in [0, 0.05) is 6.54 Å².